The monoisotopic (exact) mass is 387 g/mol. The van der Waals surface area contributed by atoms with Crippen LogP contribution < -0.4 is 16.3 Å². The van der Waals surface area contributed by atoms with Gasteiger partial charge in [0.2, 0.25) is 5.95 Å². The molecule has 4 rings (SSSR count). The molecule has 4 heterocycles. The Bertz CT molecular complexity index is 1040. The van der Waals surface area contributed by atoms with E-state index in [1.165, 1.54) is 28.4 Å². The summed E-state index contributed by atoms with van der Waals surface area (Å²) in [5, 5.41) is 6.65. The number of nitrogens with zero attached hydrogens (tertiary/aromatic N) is 7. The van der Waals surface area contributed by atoms with Crippen LogP contribution in [-0.2, 0) is 13.6 Å². The van der Waals surface area contributed by atoms with Gasteiger partial charge in [-0.25, -0.2) is 9.80 Å². The number of anilines is 1. The van der Waals surface area contributed by atoms with Crippen molar-refractivity contribution in [1.29, 1.82) is 0 Å². The van der Waals surface area contributed by atoms with Crippen LogP contribution in [0, 0.1) is 0 Å². The van der Waals surface area contributed by atoms with Crippen molar-refractivity contribution in [2.45, 2.75) is 52.6 Å². The smallest absolute Gasteiger partial charge is 0.301 e. The fourth-order valence-electron chi connectivity index (χ4n) is 4.23. The third-order valence-electron chi connectivity index (χ3n) is 6.05. The van der Waals surface area contributed by atoms with Gasteiger partial charge in [-0.05, 0) is 46.7 Å². The van der Waals surface area contributed by atoms with E-state index in [0.717, 1.165) is 25.3 Å². The SMILES string of the molecule is CCn1c(=O)c2c(nc3n2[C@H](C)C(C)=NN3CCN2CCCCC2)n(C)c1=O. The van der Waals surface area contributed by atoms with E-state index in [4.69, 9.17) is 10.1 Å². The second-order valence-electron chi connectivity index (χ2n) is 7.79. The number of rotatable bonds is 4. The molecule has 1 fully saturated rings. The molecule has 0 N–H and O–H groups in total. The lowest BCUT2D eigenvalue weighted by Gasteiger charge is -2.32. The molecule has 0 radical (unpaired) electrons. The first kappa shape index (κ1) is 18.9. The summed E-state index contributed by atoms with van der Waals surface area (Å²) in [6, 6.07) is -0.0817. The van der Waals surface area contributed by atoms with Gasteiger partial charge in [0.1, 0.15) is 0 Å². The summed E-state index contributed by atoms with van der Waals surface area (Å²) < 4.78 is 4.68. The molecular weight excluding hydrogens is 358 g/mol. The molecule has 9 heteroatoms. The molecule has 2 aliphatic rings. The van der Waals surface area contributed by atoms with Crippen LogP contribution in [0.3, 0.4) is 0 Å². The Morgan fingerprint density at radius 2 is 1.82 bits per heavy atom. The van der Waals surface area contributed by atoms with Gasteiger partial charge in [-0.3, -0.25) is 18.5 Å². The van der Waals surface area contributed by atoms with Gasteiger partial charge in [0.25, 0.3) is 5.56 Å². The van der Waals surface area contributed by atoms with Crippen molar-refractivity contribution in [2.24, 2.45) is 12.1 Å². The molecular formula is C19H29N7O2. The molecule has 1 saturated heterocycles. The summed E-state index contributed by atoms with van der Waals surface area (Å²) in [4.78, 5) is 32.7. The lowest BCUT2D eigenvalue weighted by Crippen LogP contribution is -2.41. The normalized spacial score (nSPS) is 20.5. The predicted octanol–water partition coefficient (Wildman–Crippen LogP) is 1.16. The number of hydrazone groups is 1. The first-order chi connectivity index (χ1) is 13.4. The zero-order valence-electron chi connectivity index (χ0n) is 17.2. The highest BCUT2D eigenvalue weighted by atomic mass is 16.2. The van der Waals surface area contributed by atoms with E-state index in [1.807, 2.05) is 30.3 Å². The van der Waals surface area contributed by atoms with Crippen LogP contribution in [0.5, 0.6) is 0 Å². The predicted molar refractivity (Wildman–Crippen MR) is 110 cm³/mol. The summed E-state index contributed by atoms with van der Waals surface area (Å²) in [5.74, 6) is 0.645. The number of aromatic nitrogens is 4. The van der Waals surface area contributed by atoms with Crippen LogP contribution in [0.4, 0.5) is 5.95 Å². The highest BCUT2D eigenvalue weighted by Gasteiger charge is 2.30. The van der Waals surface area contributed by atoms with E-state index >= 15 is 0 Å². The standard InChI is InChI=1S/C19H29N7O2/c1-5-24-17(27)15-16(22(4)19(24)28)20-18-25(21-13(2)14(3)26(15)18)12-11-23-9-7-6-8-10-23/h14H,5-12H2,1-4H3/t14-/m1/s1. The maximum absolute atomic E-state index is 13.1. The van der Waals surface area contributed by atoms with Gasteiger partial charge in [0.15, 0.2) is 11.2 Å². The molecule has 0 amide bonds. The van der Waals surface area contributed by atoms with Crippen molar-refractivity contribution >= 4 is 22.8 Å². The average Bonchev–Trinajstić information content (AvgIpc) is 3.11. The van der Waals surface area contributed by atoms with Crippen molar-refractivity contribution in [3.8, 4) is 0 Å². The first-order valence-corrected chi connectivity index (χ1v) is 10.2. The van der Waals surface area contributed by atoms with Gasteiger partial charge in [-0.15, -0.1) is 0 Å². The van der Waals surface area contributed by atoms with Crippen LogP contribution in [0.2, 0.25) is 0 Å². The number of hydrogen-bond donors (Lipinski definition) is 0. The summed E-state index contributed by atoms with van der Waals surface area (Å²) in [5.41, 5.74) is 1.22. The van der Waals surface area contributed by atoms with Crippen LogP contribution in [-0.4, -0.2) is 55.5 Å². The maximum atomic E-state index is 13.1. The van der Waals surface area contributed by atoms with Crippen LogP contribution >= 0.6 is 0 Å². The van der Waals surface area contributed by atoms with Gasteiger partial charge < -0.3 is 4.90 Å². The van der Waals surface area contributed by atoms with Gasteiger partial charge in [0.05, 0.1) is 18.3 Å². The minimum atomic E-state index is -0.333. The number of imidazole rings is 1. The quantitative estimate of drug-likeness (QED) is 0.786. The van der Waals surface area contributed by atoms with Crippen LogP contribution in [0.15, 0.2) is 14.7 Å². The zero-order chi connectivity index (χ0) is 20.0. The lowest BCUT2D eigenvalue weighted by molar-refractivity contribution is 0.233. The number of likely N-dealkylation sites (tertiary alicyclic amines) is 1. The summed E-state index contributed by atoms with van der Waals surface area (Å²) in [7, 11) is 1.67. The third kappa shape index (κ3) is 2.88. The highest BCUT2D eigenvalue weighted by Crippen LogP contribution is 2.29. The molecule has 28 heavy (non-hydrogen) atoms. The Morgan fingerprint density at radius 1 is 1.11 bits per heavy atom. The number of aryl methyl sites for hydroxylation is 1. The van der Waals surface area contributed by atoms with Crippen LogP contribution in [0.25, 0.3) is 11.2 Å². The van der Waals surface area contributed by atoms with E-state index in [-0.39, 0.29) is 17.3 Å². The van der Waals surface area contributed by atoms with Crippen molar-refractivity contribution in [2.75, 3.05) is 31.2 Å². The largest absolute Gasteiger partial charge is 0.332 e. The summed E-state index contributed by atoms with van der Waals surface area (Å²) in [6.45, 7) is 10.0. The topological polar surface area (TPSA) is 80.7 Å². The van der Waals surface area contributed by atoms with Crippen molar-refractivity contribution in [3.63, 3.8) is 0 Å². The molecule has 2 aromatic heterocycles. The second-order valence-corrected chi connectivity index (χ2v) is 7.79. The van der Waals surface area contributed by atoms with E-state index in [0.29, 0.717) is 30.2 Å². The Balaban J connectivity index is 1.80. The molecule has 2 aliphatic heterocycles. The molecule has 9 nitrogen and oxygen atoms in total. The Kier molecular flexibility index (Phi) is 4.86. The van der Waals surface area contributed by atoms with E-state index < -0.39 is 0 Å². The third-order valence-corrected chi connectivity index (χ3v) is 6.05. The highest BCUT2D eigenvalue weighted by molar-refractivity contribution is 5.91. The molecule has 0 bridgehead atoms. The summed E-state index contributed by atoms with van der Waals surface area (Å²) in [6.07, 6.45) is 3.80. The van der Waals surface area contributed by atoms with Gasteiger partial charge >= 0.3 is 5.69 Å². The number of hydrogen-bond acceptors (Lipinski definition) is 6. The molecule has 152 valence electrons. The first-order valence-electron chi connectivity index (χ1n) is 10.2. The minimum Gasteiger partial charge on any atom is -0.301 e. The van der Waals surface area contributed by atoms with Crippen molar-refractivity contribution < 1.29 is 0 Å². The van der Waals surface area contributed by atoms with E-state index in [2.05, 4.69) is 4.90 Å². The molecule has 0 aromatic carbocycles. The molecule has 0 aliphatic carbocycles. The van der Waals surface area contributed by atoms with Gasteiger partial charge in [-0.2, -0.15) is 10.1 Å². The molecule has 0 spiro atoms. The Hall–Kier alpha value is -2.42. The molecule has 2 aromatic rings. The molecule has 1 atom stereocenters. The van der Waals surface area contributed by atoms with Gasteiger partial charge in [-0.1, -0.05) is 6.42 Å². The van der Waals surface area contributed by atoms with E-state index in [1.54, 1.807) is 7.05 Å². The summed E-state index contributed by atoms with van der Waals surface area (Å²) >= 11 is 0. The fourth-order valence-corrected chi connectivity index (χ4v) is 4.23. The number of piperidine rings is 1. The van der Waals surface area contributed by atoms with Crippen molar-refractivity contribution in [1.82, 2.24) is 23.6 Å². The maximum Gasteiger partial charge on any atom is 0.332 e. The molecule has 0 saturated carbocycles. The van der Waals surface area contributed by atoms with Gasteiger partial charge in [0, 0.05) is 20.1 Å². The van der Waals surface area contributed by atoms with E-state index in [9.17, 15) is 9.59 Å². The number of fused-ring (bicyclic) bond motifs is 3. The second kappa shape index (κ2) is 7.20. The Morgan fingerprint density at radius 3 is 2.50 bits per heavy atom. The zero-order valence-corrected chi connectivity index (χ0v) is 17.2. The lowest BCUT2D eigenvalue weighted by atomic mass is 10.1. The van der Waals surface area contributed by atoms with Crippen molar-refractivity contribution in [3.05, 3.63) is 20.8 Å². The average molecular weight is 387 g/mol. The minimum absolute atomic E-state index is 0.0817. The Labute approximate surface area is 163 Å². The molecule has 0 unspecified atom stereocenters. The van der Waals surface area contributed by atoms with Crippen LogP contribution in [0.1, 0.15) is 46.1 Å². The fraction of sp³-hybridized carbons (Fsp3) is 0.684.